The zero-order chi connectivity index (χ0) is 15.6. The van der Waals surface area contributed by atoms with Gasteiger partial charge >= 0.3 is 0 Å². The number of hydrogen-bond acceptors (Lipinski definition) is 2. The summed E-state index contributed by atoms with van der Waals surface area (Å²) in [4.78, 5) is 11.1. The van der Waals surface area contributed by atoms with Gasteiger partial charge in [0, 0.05) is 11.8 Å². The predicted octanol–water partition coefficient (Wildman–Crippen LogP) is 4.14. The van der Waals surface area contributed by atoms with Crippen molar-refractivity contribution in [3.8, 4) is 11.3 Å². The van der Waals surface area contributed by atoms with Crippen molar-refractivity contribution in [1.82, 2.24) is 9.78 Å². The summed E-state index contributed by atoms with van der Waals surface area (Å²) in [5, 5.41) is 4.23. The van der Waals surface area contributed by atoms with E-state index < -0.39 is 17.5 Å². The van der Waals surface area contributed by atoms with Gasteiger partial charge in [-0.1, -0.05) is 13.8 Å². The first kappa shape index (κ1) is 15.3. The summed E-state index contributed by atoms with van der Waals surface area (Å²) < 4.78 is 41.3. The molecule has 0 fully saturated rings. The van der Waals surface area contributed by atoms with Gasteiger partial charge in [-0.05, 0) is 25.0 Å². The molecule has 0 saturated heterocycles. The fourth-order valence-corrected chi connectivity index (χ4v) is 2.26. The second-order valence-electron chi connectivity index (χ2n) is 4.76. The summed E-state index contributed by atoms with van der Waals surface area (Å²) in [6.45, 7) is 3.96. The highest BCUT2D eigenvalue weighted by atomic mass is 19.2. The van der Waals surface area contributed by atoms with Gasteiger partial charge in [0.25, 0.3) is 0 Å². The molecule has 3 nitrogen and oxygen atoms in total. The molecule has 0 aliphatic heterocycles. The quantitative estimate of drug-likeness (QED) is 0.614. The van der Waals surface area contributed by atoms with Gasteiger partial charge in [0.2, 0.25) is 0 Å². The first-order valence-corrected chi connectivity index (χ1v) is 6.71. The third kappa shape index (κ3) is 2.84. The van der Waals surface area contributed by atoms with Crippen LogP contribution in [0.5, 0.6) is 0 Å². The Kier molecular flexibility index (Phi) is 4.45. The Balaban J connectivity index is 2.55. The molecule has 1 aromatic heterocycles. The van der Waals surface area contributed by atoms with Crippen molar-refractivity contribution < 1.29 is 18.0 Å². The van der Waals surface area contributed by atoms with E-state index in [9.17, 15) is 18.0 Å². The molecule has 0 aliphatic rings. The lowest BCUT2D eigenvalue weighted by Gasteiger charge is -2.12. The SMILES string of the molecule is CCC(CC)n1cc(C=O)c(-c2cc(F)c(F)c(F)c2)n1. The summed E-state index contributed by atoms with van der Waals surface area (Å²) in [6, 6.07) is 1.77. The summed E-state index contributed by atoms with van der Waals surface area (Å²) in [5.74, 6) is -4.15. The minimum absolute atomic E-state index is 0.0400. The largest absolute Gasteiger partial charge is 0.298 e. The smallest absolute Gasteiger partial charge is 0.194 e. The number of nitrogens with zero attached hydrogens (tertiary/aromatic N) is 2. The maximum atomic E-state index is 13.3. The van der Waals surface area contributed by atoms with Crippen molar-refractivity contribution in [3.05, 3.63) is 41.3 Å². The van der Waals surface area contributed by atoms with Crippen molar-refractivity contribution in [2.45, 2.75) is 32.7 Å². The molecule has 1 heterocycles. The molecule has 0 radical (unpaired) electrons. The Morgan fingerprint density at radius 1 is 1.19 bits per heavy atom. The number of aldehydes is 1. The number of hydrogen-bond donors (Lipinski definition) is 0. The molecule has 0 N–H and O–H groups in total. The molecule has 6 heteroatoms. The van der Waals surface area contributed by atoms with E-state index in [0.717, 1.165) is 25.0 Å². The minimum atomic E-state index is -1.54. The third-order valence-corrected chi connectivity index (χ3v) is 3.46. The fraction of sp³-hybridized carbons (Fsp3) is 0.333. The minimum Gasteiger partial charge on any atom is -0.298 e. The normalized spacial score (nSPS) is 11.1. The fourth-order valence-electron chi connectivity index (χ4n) is 2.26. The van der Waals surface area contributed by atoms with Crippen LogP contribution in [0.2, 0.25) is 0 Å². The molecule has 0 aliphatic carbocycles. The first-order chi connectivity index (χ1) is 10.0. The number of carbonyl (C=O) groups is 1. The van der Waals surface area contributed by atoms with Gasteiger partial charge in [-0.2, -0.15) is 5.10 Å². The van der Waals surface area contributed by atoms with Gasteiger partial charge in [-0.3, -0.25) is 9.48 Å². The molecule has 2 rings (SSSR count). The molecule has 0 bridgehead atoms. The van der Waals surface area contributed by atoms with Crippen molar-refractivity contribution >= 4 is 6.29 Å². The van der Waals surface area contributed by atoms with Crippen molar-refractivity contribution in [2.75, 3.05) is 0 Å². The number of rotatable bonds is 5. The number of halogens is 3. The monoisotopic (exact) mass is 296 g/mol. The van der Waals surface area contributed by atoms with E-state index in [1.807, 2.05) is 13.8 Å². The van der Waals surface area contributed by atoms with Crippen LogP contribution in [0.1, 0.15) is 43.1 Å². The van der Waals surface area contributed by atoms with E-state index in [1.165, 1.54) is 0 Å². The Morgan fingerprint density at radius 2 is 1.76 bits per heavy atom. The summed E-state index contributed by atoms with van der Waals surface area (Å²) in [7, 11) is 0. The van der Waals surface area contributed by atoms with E-state index in [4.69, 9.17) is 0 Å². The van der Waals surface area contributed by atoms with Gasteiger partial charge < -0.3 is 0 Å². The zero-order valence-corrected chi connectivity index (χ0v) is 11.7. The molecule has 0 saturated carbocycles. The second kappa shape index (κ2) is 6.11. The Hall–Kier alpha value is -2.11. The van der Waals surface area contributed by atoms with Crippen LogP contribution in [0.3, 0.4) is 0 Å². The average molecular weight is 296 g/mol. The highest BCUT2D eigenvalue weighted by Gasteiger charge is 2.18. The zero-order valence-electron chi connectivity index (χ0n) is 11.7. The van der Waals surface area contributed by atoms with Gasteiger partial charge in [-0.15, -0.1) is 0 Å². The van der Waals surface area contributed by atoms with E-state index in [-0.39, 0.29) is 22.9 Å². The predicted molar refractivity (Wildman–Crippen MR) is 72.5 cm³/mol. The summed E-state index contributed by atoms with van der Waals surface area (Å²) >= 11 is 0. The lowest BCUT2D eigenvalue weighted by molar-refractivity contribution is 0.112. The number of carbonyl (C=O) groups excluding carboxylic acids is 1. The molecule has 21 heavy (non-hydrogen) atoms. The van der Waals surface area contributed by atoms with Crippen molar-refractivity contribution in [1.29, 1.82) is 0 Å². The molecule has 2 aromatic rings. The van der Waals surface area contributed by atoms with Gasteiger partial charge in [0.1, 0.15) is 5.69 Å². The van der Waals surface area contributed by atoms with Crippen LogP contribution < -0.4 is 0 Å². The number of aromatic nitrogens is 2. The van der Waals surface area contributed by atoms with Crippen LogP contribution in [0.4, 0.5) is 13.2 Å². The maximum Gasteiger partial charge on any atom is 0.194 e. The van der Waals surface area contributed by atoms with Crippen LogP contribution in [-0.2, 0) is 0 Å². The highest BCUT2D eigenvalue weighted by Crippen LogP contribution is 2.27. The lowest BCUT2D eigenvalue weighted by Crippen LogP contribution is -2.07. The number of benzene rings is 1. The van der Waals surface area contributed by atoms with Gasteiger partial charge in [0.15, 0.2) is 23.7 Å². The molecule has 0 atom stereocenters. The topological polar surface area (TPSA) is 34.9 Å². The Bertz CT molecular complexity index is 640. The van der Waals surface area contributed by atoms with E-state index in [0.29, 0.717) is 6.29 Å². The third-order valence-electron chi connectivity index (χ3n) is 3.46. The molecule has 1 aromatic carbocycles. The van der Waals surface area contributed by atoms with Crippen LogP contribution in [0.25, 0.3) is 11.3 Å². The standard InChI is InChI=1S/C15H15F3N2O/c1-3-11(4-2)20-7-10(8-21)15(19-20)9-5-12(16)14(18)13(17)6-9/h5-8,11H,3-4H2,1-2H3. The average Bonchev–Trinajstić information content (AvgIpc) is 2.89. The van der Waals surface area contributed by atoms with Crippen molar-refractivity contribution in [3.63, 3.8) is 0 Å². The first-order valence-electron chi connectivity index (χ1n) is 6.71. The lowest BCUT2D eigenvalue weighted by atomic mass is 10.1. The molecular formula is C15H15F3N2O. The van der Waals surface area contributed by atoms with Gasteiger partial charge in [-0.25, -0.2) is 13.2 Å². The summed E-state index contributed by atoms with van der Waals surface area (Å²) in [6.07, 6.45) is 3.73. The molecule has 0 unspecified atom stereocenters. The molecule has 112 valence electrons. The highest BCUT2D eigenvalue weighted by molar-refractivity contribution is 5.85. The van der Waals surface area contributed by atoms with E-state index in [1.54, 1.807) is 10.9 Å². The van der Waals surface area contributed by atoms with Gasteiger partial charge in [0.05, 0.1) is 11.6 Å². The second-order valence-corrected chi connectivity index (χ2v) is 4.76. The van der Waals surface area contributed by atoms with Crippen molar-refractivity contribution in [2.24, 2.45) is 0 Å². The molecular weight excluding hydrogens is 281 g/mol. The van der Waals surface area contributed by atoms with E-state index in [2.05, 4.69) is 5.10 Å². The summed E-state index contributed by atoms with van der Waals surface area (Å²) in [5.41, 5.74) is 0.403. The van der Waals surface area contributed by atoms with E-state index >= 15 is 0 Å². The van der Waals surface area contributed by atoms with Crippen LogP contribution in [-0.4, -0.2) is 16.1 Å². The Morgan fingerprint density at radius 3 is 2.24 bits per heavy atom. The molecule has 0 spiro atoms. The van der Waals surface area contributed by atoms with Crippen LogP contribution in [0.15, 0.2) is 18.3 Å². The van der Waals surface area contributed by atoms with Crippen LogP contribution in [0, 0.1) is 17.5 Å². The molecule has 0 amide bonds. The Labute approximate surface area is 120 Å². The van der Waals surface area contributed by atoms with Crippen LogP contribution >= 0.6 is 0 Å². The maximum absolute atomic E-state index is 13.3.